The summed E-state index contributed by atoms with van der Waals surface area (Å²) >= 11 is 0. The van der Waals surface area contributed by atoms with Gasteiger partial charge in [-0.15, -0.1) is 0 Å². The van der Waals surface area contributed by atoms with Crippen LogP contribution in [0, 0.1) is 0 Å². The van der Waals surface area contributed by atoms with Crippen molar-refractivity contribution in [1.82, 2.24) is 29.5 Å². The first-order valence-corrected chi connectivity index (χ1v) is 9.91. The summed E-state index contributed by atoms with van der Waals surface area (Å²) in [6.45, 7) is 0.414. The van der Waals surface area contributed by atoms with Crippen LogP contribution < -0.4 is 27.6 Å². The van der Waals surface area contributed by atoms with Crippen molar-refractivity contribution in [2.24, 2.45) is 10.7 Å². The third-order valence-electron chi connectivity index (χ3n) is 4.95. The van der Waals surface area contributed by atoms with Gasteiger partial charge in [-0.25, -0.2) is 9.79 Å². The highest BCUT2D eigenvalue weighted by Crippen LogP contribution is 2.22. The third kappa shape index (κ3) is 3.93. The summed E-state index contributed by atoms with van der Waals surface area (Å²) in [5.74, 6) is -0.411. The van der Waals surface area contributed by atoms with Gasteiger partial charge in [0.1, 0.15) is 5.69 Å². The molecule has 0 saturated heterocycles. The number of hydrogen-bond donors (Lipinski definition) is 5. The number of primary amides is 1. The summed E-state index contributed by atoms with van der Waals surface area (Å²) < 4.78 is 1.53. The molecule has 0 unspecified atom stereocenters. The number of hydrogen-bond acceptors (Lipinski definition) is 8. The number of nitrogens with one attached hydrogen (secondary N) is 3. The minimum Gasteiger partial charge on any atom is -0.493 e. The molecule has 1 aliphatic rings. The second-order valence-electron chi connectivity index (χ2n) is 7.44. The van der Waals surface area contributed by atoms with Crippen LogP contribution >= 0.6 is 0 Å². The first-order chi connectivity index (χ1) is 15.5. The number of rotatable bonds is 6. The number of anilines is 1. The maximum atomic E-state index is 11.4. The van der Waals surface area contributed by atoms with Crippen LogP contribution in [0.3, 0.4) is 0 Å². The quantitative estimate of drug-likeness (QED) is 0.263. The van der Waals surface area contributed by atoms with Gasteiger partial charge in [0.05, 0.1) is 12.2 Å². The van der Waals surface area contributed by atoms with E-state index in [0.717, 1.165) is 18.4 Å². The summed E-state index contributed by atoms with van der Waals surface area (Å²) in [5, 5.41) is 17.9. The normalized spacial score (nSPS) is 14.9. The molecule has 0 radical (unpaired) electrons. The Labute approximate surface area is 179 Å². The Hall–Kier alpha value is -4.48. The van der Waals surface area contributed by atoms with Crippen molar-refractivity contribution in [2.45, 2.75) is 25.4 Å². The van der Waals surface area contributed by atoms with Crippen molar-refractivity contribution < 1.29 is 9.90 Å². The molecule has 0 spiro atoms. The molecule has 3 aromatic heterocycles. The van der Waals surface area contributed by atoms with E-state index in [0.29, 0.717) is 34.5 Å². The Morgan fingerprint density at radius 2 is 2.06 bits per heavy atom. The molecule has 6 N–H and O–H groups in total. The molecule has 1 amide bonds. The fourth-order valence-corrected chi connectivity index (χ4v) is 3.13. The molecule has 0 bridgehead atoms. The standard InChI is InChI=1S/C20H19N9O3/c21-15(30)11-3-1-10(2-4-11)8-22-18-26-16-12(7-14-17(31)27-20(32)25-14)9-23-29(16)19(28-18)24-13-5-6-13/h1-4,7,9,13,31H,5-6,8H2,(H2,21,30)(H,22,24,28)(H2,25,27,32)/b12-7+. The molecule has 32 heavy (non-hydrogen) atoms. The molecular formula is C20H19N9O3. The molecule has 1 aromatic carbocycles. The number of imidazole rings is 1. The molecule has 12 nitrogen and oxygen atoms in total. The van der Waals surface area contributed by atoms with Gasteiger partial charge in [-0.2, -0.15) is 19.6 Å². The molecule has 0 atom stereocenters. The summed E-state index contributed by atoms with van der Waals surface area (Å²) in [4.78, 5) is 41.1. The van der Waals surface area contributed by atoms with Gasteiger partial charge in [-0.3, -0.25) is 9.78 Å². The van der Waals surface area contributed by atoms with Crippen LogP contribution in [0.5, 0.6) is 5.88 Å². The van der Waals surface area contributed by atoms with E-state index in [1.54, 1.807) is 36.5 Å². The van der Waals surface area contributed by atoms with Crippen molar-refractivity contribution in [3.8, 4) is 5.88 Å². The first-order valence-electron chi connectivity index (χ1n) is 9.91. The molecule has 1 saturated carbocycles. The molecule has 0 aliphatic heterocycles. The maximum Gasteiger partial charge on any atom is 0.326 e. The lowest BCUT2D eigenvalue weighted by molar-refractivity contribution is 0.100. The van der Waals surface area contributed by atoms with Crippen LogP contribution in [0.1, 0.15) is 34.5 Å². The predicted molar refractivity (Wildman–Crippen MR) is 114 cm³/mol. The Morgan fingerprint density at radius 3 is 2.72 bits per heavy atom. The minimum absolute atomic E-state index is 0.212. The van der Waals surface area contributed by atoms with E-state index in [1.165, 1.54) is 4.52 Å². The van der Waals surface area contributed by atoms with Gasteiger partial charge in [0.2, 0.25) is 17.7 Å². The fraction of sp³-hybridized carbons (Fsp3) is 0.200. The Kier molecular flexibility index (Phi) is 4.66. The molecule has 3 heterocycles. The van der Waals surface area contributed by atoms with Gasteiger partial charge in [0.25, 0.3) is 5.62 Å². The summed E-state index contributed by atoms with van der Waals surface area (Å²) in [6, 6.07) is 7.12. The lowest BCUT2D eigenvalue weighted by Crippen LogP contribution is -2.24. The van der Waals surface area contributed by atoms with Gasteiger partial charge in [-0.1, -0.05) is 12.1 Å². The number of benzene rings is 1. The van der Waals surface area contributed by atoms with Crippen LogP contribution in [-0.4, -0.2) is 46.6 Å². The Bertz CT molecular complexity index is 1490. The topological polar surface area (TPSA) is 179 Å². The molecular weight excluding hydrogens is 414 g/mol. The monoisotopic (exact) mass is 433 g/mol. The largest absolute Gasteiger partial charge is 0.493 e. The van der Waals surface area contributed by atoms with E-state index in [2.05, 4.69) is 35.3 Å². The van der Waals surface area contributed by atoms with E-state index < -0.39 is 11.6 Å². The molecule has 5 rings (SSSR count). The van der Waals surface area contributed by atoms with Crippen LogP contribution in [-0.2, 0) is 6.54 Å². The number of aromatic nitrogens is 6. The van der Waals surface area contributed by atoms with Crippen molar-refractivity contribution in [3.63, 3.8) is 0 Å². The van der Waals surface area contributed by atoms with Gasteiger partial charge < -0.3 is 21.1 Å². The average Bonchev–Trinajstić information content (AvgIpc) is 3.41. The number of aromatic amines is 2. The van der Waals surface area contributed by atoms with E-state index >= 15 is 0 Å². The number of carbonyl (C=O) groups excluding carboxylic acids is 1. The molecule has 12 heteroatoms. The van der Waals surface area contributed by atoms with E-state index in [-0.39, 0.29) is 17.6 Å². The van der Waals surface area contributed by atoms with Crippen LogP contribution in [0.2, 0.25) is 0 Å². The Balaban J connectivity index is 1.53. The highest BCUT2D eigenvalue weighted by Gasteiger charge is 2.21. The van der Waals surface area contributed by atoms with Crippen molar-refractivity contribution in [1.29, 1.82) is 0 Å². The zero-order chi connectivity index (χ0) is 22.2. The van der Waals surface area contributed by atoms with E-state index in [4.69, 9.17) is 5.73 Å². The SMILES string of the molecule is NC(=O)c1ccc(CNc2nc(=NC3CC3)n3nc/c(=C\c4[nH]c(=O)[nH]c4O)c3n2)cc1. The first kappa shape index (κ1) is 19.5. The second-order valence-corrected chi connectivity index (χ2v) is 7.44. The zero-order valence-electron chi connectivity index (χ0n) is 16.7. The highest BCUT2D eigenvalue weighted by atomic mass is 16.3. The van der Waals surface area contributed by atoms with Crippen molar-refractivity contribution in [3.05, 3.63) is 68.6 Å². The number of aromatic hydroxyl groups is 1. The van der Waals surface area contributed by atoms with Gasteiger partial charge in [0.15, 0.2) is 5.65 Å². The molecule has 1 aliphatic carbocycles. The fourth-order valence-electron chi connectivity index (χ4n) is 3.13. The van der Waals surface area contributed by atoms with Crippen LogP contribution in [0.15, 0.2) is 40.2 Å². The minimum atomic E-state index is -0.519. The summed E-state index contributed by atoms with van der Waals surface area (Å²) in [5.41, 5.74) is 7.20. The number of carbonyl (C=O) groups is 1. The average molecular weight is 433 g/mol. The van der Waals surface area contributed by atoms with Crippen LogP contribution in [0.4, 0.5) is 5.95 Å². The number of fused-ring (bicyclic) bond motifs is 1. The van der Waals surface area contributed by atoms with E-state index in [1.807, 2.05) is 0 Å². The molecule has 162 valence electrons. The molecule has 4 aromatic rings. The van der Waals surface area contributed by atoms with E-state index in [9.17, 15) is 14.7 Å². The number of nitrogens with zero attached hydrogens (tertiary/aromatic N) is 5. The lowest BCUT2D eigenvalue weighted by atomic mass is 10.1. The zero-order valence-corrected chi connectivity index (χ0v) is 16.7. The van der Waals surface area contributed by atoms with Crippen molar-refractivity contribution >= 4 is 23.6 Å². The third-order valence-corrected chi connectivity index (χ3v) is 4.95. The number of nitrogens with two attached hydrogens (primary N) is 1. The predicted octanol–water partition coefficient (Wildman–Crippen LogP) is -0.832. The summed E-state index contributed by atoms with van der Waals surface area (Å²) in [6.07, 6.45) is 5.13. The Morgan fingerprint density at radius 1 is 1.28 bits per heavy atom. The highest BCUT2D eigenvalue weighted by molar-refractivity contribution is 5.92. The van der Waals surface area contributed by atoms with Gasteiger partial charge in [0, 0.05) is 17.3 Å². The van der Waals surface area contributed by atoms with Crippen LogP contribution in [0.25, 0.3) is 11.7 Å². The summed E-state index contributed by atoms with van der Waals surface area (Å²) in [7, 11) is 0. The van der Waals surface area contributed by atoms with Crippen molar-refractivity contribution in [2.75, 3.05) is 5.32 Å². The second kappa shape index (κ2) is 7.65. The smallest absolute Gasteiger partial charge is 0.326 e. The lowest BCUT2D eigenvalue weighted by Gasteiger charge is -2.06. The van der Waals surface area contributed by atoms with Gasteiger partial charge >= 0.3 is 5.69 Å². The molecule has 1 fully saturated rings. The van der Waals surface area contributed by atoms with Gasteiger partial charge in [-0.05, 0) is 36.6 Å². The number of amides is 1. The number of H-pyrrole nitrogens is 2. The maximum absolute atomic E-state index is 11.4.